The van der Waals surface area contributed by atoms with E-state index >= 15 is 0 Å². The predicted octanol–water partition coefficient (Wildman–Crippen LogP) is 0.593. The van der Waals surface area contributed by atoms with Crippen LogP contribution in [-0.2, 0) is 14.4 Å². The molecule has 5 heteroatoms. The van der Waals surface area contributed by atoms with Crippen molar-refractivity contribution >= 4 is 21.9 Å². The van der Waals surface area contributed by atoms with E-state index < -0.39 is 4.32 Å². The molecule has 0 bridgehead atoms. The van der Waals surface area contributed by atoms with Crippen LogP contribution in [-0.4, -0.2) is 23.5 Å². The fraction of sp³-hybridized carbons (Fsp3) is 0.833. The first-order valence-electron chi connectivity index (χ1n) is 3.16. The molecule has 0 aromatic heterocycles. The van der Waals surface area contributed by atoms with Crippen molar-refractivity contribution in [1.29, 1.82) is 0 Å². The van der Waals surface area contributed by atoms with E-state index in [0.717, 1.165) is 0 Å². The van der Waals surface area contributed by atoms with E-state index in [9.17, 15) is 4.79 Å². The number of esters is 1. The van der Waals surface area contributed by atoms with Gasteiger partial charge in [0, 0.05) is 0 Å². The standard InChI is InChI=1S/C6H12BrNO3/c1-6(2,7)5(9)10-3-4-11-8/h3-4,8H2,1-2H3. The van der Waals surface area contributed by atoms with Crippen LogP contribution in [0.5, 0.6) is 0 Å². The Hall–Kier alpha value is -0.130. The molecule has 0 saturated carbocycles. The van der Waals surface area contributed by atoms with Gasteiger partial charge in [-0.15, -0.1) is 0 Å². The summed E-state index contributed by atoms with van der Waals surface area (Å²) in [4.78, 5) is 15.2. The van der Waals surface area contributed by atoms with Crippen LogP contribution in [0.3, 0.4) is 0 Å². The highest BCUT2D eigenvalue weighted by molar-refractivity contribution is 9.10. The zero-order valence-corrected chi connectivity index (χ0v) is 8.18. The minimum Gasteiger partial charge on any atom is -0.462 e. The molecule has 0 aliphatic rings. The molecule has 11 heavy (non-hydrogen) atoms. The van der Waals surface area contributed by atoms with Gasteiger partial charge < -0.3 is 9.57 Å². The van der Waals surface area contributed by atoms with Gasteiger partial charge >= 0.3 is 5.97 Å². The highest BCUT2D eigenvalue weighted by Gasteiger charge is 2.24. The van der Waals surface area contributed by atoms with Gasteiger partial charge in [0.2, 0.25) is 0 Å². The van der Waals surface area contributed by atoms with Crippen molar-refractivity contribution < 1.29 is 14.4 Å². The Morgan fingerprint density at radius 2 is 2.09 bits per heavy atom. The maximum atomic E-state index is 11.0. The highest BCUT2D eigenvalue weighted by Crippen LogP contribution is 2.16. The van der Waals surface area contributed by atoms with Crippen LogP contribution < -0.4 is 5.90 Å². The third kappa shape index (κ3) is 5.17. The van der Waals surface area contributed by atoms with Crippen LogP contribution >= 0.6 is 15.9 Å². The second-order valence-corrected chi connectivity index (χ2v) is 4.46. The van der Waals surface area contributed by atoms with Gasteiger partial charge in [0.25, 0.3) is 0 Å². The Kier molecular flexibility index (Phi) is 4.63. The molecular weight excluding hydrogens is 214 g/mol. The van der Waals surface area contributed by atoms with Crippen LogP contribution in [0, 0.1) is 0 Å². The second-order valence-electron chi connectivity index (χ2n) is 2.48. The molecule has 2 N–H and O–H groups in total. The summed E-state index contributed by atoms with van der Waals surface area (Å²) < 4.78 is 4.12. The van der Waals surface area contributed by atoms with E-state index in [2.05, 4.69) is 20.8 Å². The number of halogens is 1. The molecule has 0 atom stereocenters. The van der Waals surface area contributed by atoms with Gasteiger partial charge in [0.1, 0.15) is 17.5 Å². The fourth-order valence-corrected chi connectivity index (χ4v) is 0.469. The zero-order chi connectivity index (χ0) is 8.91. The summed E-state index contributed by atoms with van der Waals surface area (Å²) in [6, 6.07) is 0. The van der Waals surface area contributed by atoms with E-state index in [1.165, 1.54) is 0 Å². The van der Waals surface area contributed by atoms with Crippen molar-refractivity contribution in [3.63, 3.8) is 0 Å². The van der Waals surface area contributed by atoms with Crippen molar-refractivity contribution in [2.45, 2.75) is 18.2 Å². The van der Waals surface area contributed by atoms with Crippen LogP contribution in [0.2, 0.25) is 0 Å². The Morgan fingerprint density at radius 3 is 2.45 bits per heavy atom. The summed E-state index contributed by atoms with van der Waals surface area (Å²) in [7, 11) is 0. The fourth-order valence-electron chi connectivity index (χ4n) is 0.354. The smallest absolute Gasteiger partial charge is 0.322 e. The summed E-state index contributed by atoms with van der Waals surface area (Å²) in [5, 5.41) is 0. The lowest BCUT2D eigenvalue weighted by molar-refractivity contribution is -0.146. The van der Waals surface area contributed by atoms with E-state index in [-0.39, 0.29) is 19.2 Å². The molecule has 0 fully saturated rings. The Labute approximate surface area is 74.1 Å². The summed E-state index contributed by atoms with van der Waals surface area (Å²) >= 11 is 3.15. The number of hydrogen-bond acceptors (Lipinski definition) is 4. The van der Waals surface area contributed by atoms with Gasteiger partial charge in [0.15, 0.2) is 0 Å². The first-order valence-corrected chi connectivity index (χ1v) is 3.95. The van der Waals surface area contributed by atoms with Crippen LogP contribution in [0.1, 0.15) is 13.8 Å². The number of nitrogens with two attached hydrogens (primary N) is 1. The second kappa shape index (κ2) is 4.69. The molecule has 0 unspecified atom stereocenters. The maximum Gasteiger partial charge on any atom is 0.322 e. The van der Waals surface area contributed by atoms with Crippen molar-refractivity contribution in [2.75, 3.05) is 13.2 Å². The number of hydrogen-bond donors (Lipinski definition) is 1. The molecule has 0 rings (SSSR count). The summed E-state index contributed by atoms with van der Waals surface area (Å²) in [6.45, 7) is 3.82. The maximum absolute atomic E-state index is 11.0. The number of carbonyl (C=O) groups excluding carboxylic acids is 1. The Morgan fingerprint density at radius 1 is 1.55 bits per heavy atom. The highest BCUT2D eigenvalue weighted by atomic mass is 79.9. The third-order valence-corrected chi connectivity index (χ3v) is 1.24. The molecule has 4 nitrogen and oxygen atoms in total. The Bertz CT molecular complexity index is 132. The first-order chi connectivity index (χ1) is 4.98. The lowest BCUT2D eigenvalue weighted by atomic mass is 10.2. The van der Waals surface area contributed by atoms with Gasteiger partial charge in [-0.1, -0.05) is 15.9 Å². The lowest BCUT2D eigenvalue weighted by Crippen LogP contribution is -2.28. The zero-order valence-electron chi connectivity index (χ0n) is 6.59. The molecule has 0 spiro atoms. The van der Waals surface area contributed by atoms with Crippen molar-refractivity contribution in [3.8, 4) is 0 Å². The summed E-state index contributed by atoms with van der Waals surface area (Å²) in [6.07, 6.45) is 0. The summed E-state index contributed by atoms with van der Waals surface area (Å²) in [5.74, 6) is 4.40. The van der Waals surface area contributed by atoms with Crippen molar-refractivity contribution in [1.82, 2.24) is 0 Å². The Balaban J connectivity index is 3.54. The molecule has 0 radical (unpaired) electrons. The number of rotatable bonds is 4. The van der Waals surface area contributed by atoms with Crippen molar-refractivity contribution in [3.05, 3.63) is 0 Å². The van der Waals surface area contributed by atoms with Gasteiger partial charge in [-0.05, 0) is 13.8 Å². The molecule has 0 aliphatic carbocycles. The predicted molar refractivity (Wildman–Crippen MR) is 44.1 cm³/mol. The average molecular weight is 226 g/mol. The van der Waals surface area contributed by atoms with Gasteiger partial charge in [-0.3, -0.25) is 4.79 Å². The van der Waals surface area contributed by atoms with E-state index in [4.69, 9.17) is 10.6 Å². The molecule has 0 saturated heterocycles. The van der Waals surface area contributed by atoms with Gasteiger partial charge in [-0.2, -0.15) is 0 Å². The molecule has 0 aromatic carbocycles. The average Bonchev–Trinajstić information content (AvgIpc) is 1.86. The van der Waals surface area contributed by atoms with E-state index in [1.807, 2.05) is 0 Å². The molecule has 0 aromatic rings. The lowest BCUT2D eigenvalue weighted by Gasteiger charge is -2.13. The van der Waals surface area contributed by atoms with Gasteiger partial charge in [-0.25, -0.2) is 5.90 Å². The SMILES string of the molecule is CC(C)(Br)C(=O)OCCON. The van der Waals surface area contributed by atoms with E-state index in [1.54, 1.807) is 13.8 Å². The monoisotopic (exact) mass is 225 g/mol. The largest absolute Gasteiger partial charge is 0.462 e. The minimum absolute atomic E-state index is 0.185. The van der Waals surface area contributed by atoms with Gasteiger partial charge in [0.05, 0.1) is 0 Å². The third-order valence-electron chi connectivity index (χ3n) is 0.920. The van der Waals surface area contributed by atoms with Crippen LogP contribution in [0.25, 0.3) is 0 Å². The molecule has 0 heterocycles. The number of alkyl halides is 1. The number of ether oxygens (including phenoxy) is 1. The topological polar surface area (TPSA) is 61.5 Å². The normalized spacial score (nSPS) is 11.3. The number of carbonyl (C=O) groups is 1. The van der Waals surface area contributed by atoms with Crippen LogP contribution in [0.15, 0.2) is 0 Å². The molecule has 0 amide bonds. The summed E-state index contributed by atoms with van der Waals surface area (Å²) in [5.41, 5.74) is 0. The van der Waals surface area contributed by atoms with Crippen LogP contribution in [0.4, 0.5) is 0 Å². The first kappa shape index (κ1) is 10.9. The quantitative estimate of drug-likeness (QED) is 0.330. The molecular formula is C6H12BrNO3. The van der Waals surface area contributed by atoms with E-state index in [0.29, 0.717) is 0 Å². The molecule has 66 valence electrons. The van der Waals surface area contributed by atoms with Crippen molar-refractivity contribution in [2.24, 2.45) is 5.90 Å². The molecule has 0 aliphatic heterocycles. The minimum atomic E-state index is -0.637.